The van der Waals surface area contributed by atoms with E-state index in [4.69, 9.17) is 11.5 Å². The number of Topliss-reactive ketones (excluding diaryl/α,β-unsaturated/α-hetero) is 1. The van der Waals surface area contributed by atoms with Gasteiger partial charge in [-0.05, 0) is 18.4 Å². The summed E-state index contributed by atoms with van der Waals surface area (Å²) in [7, 11) is 0. The van der Waals surface area contributed by atoms with E-state index >= 15 is 0 Å². The molecule has 36 heavy (non-hydrogen) atoms. The molecule has 12 heteroatoms. The maximum atomic E-state index is 13.4. The number of ketones is 1. The van der Waals surface area contributed by atoms with Gasteiger partial charge in [0.2, 0.25) is 0 Å². The third kappa shape index (κ3) is 5.48. The molecule has 12 nitrogen and oxygen atoms in total. The summed E-state index contributed by atoms with van der Waals surface area (Å²) in [6, 6.07) is 9.03. The van der Waals surface area contributed by atoms with E-state index in [2.05, 4.69) is 9.97 Å². The van der Waals surface area contributed by atoms with Crippen LogP contribution in [0.5, 0.6) is 0 Å². The van der Waals surface area contributed by atoms with Crippen molar-refractivity contribution in [2.45, 2.75) is 52.7 Å². The first kappa shape index (κ1) is 26.3. The van der Waals surface area contributed by atoms with Gasteiger partial charge in [0, 0.05) is 19.6 Å². The van der Waals surface area contributed by atoms with Crippen molar-refractivity contribution in [3.05, 3.63) is 83.1 Å². The number of hydrogen-bond acceptors (Lipinski definition) is 8. The van der Waals surface area contributed by atoms with Crippen LogP contribution in [0.25, 0.3) is 0 Å². The molecule has 2 heterocycles. The van der Waals surface area contributed by atoms with Crippen molar-refractivity contribution in [1.29, 1.82) is 0 Å². The largest absolute Gasteiger partial charge is 0.384 e. The van der Waals surface area contributed by atoms with Crippen molar-refractivity contribution in [1.82, 2.24) is 19.1 Å². The molecular weight excluding hydrogens is 466 g/mol. The first-order chi connectivity index (χ1) is 17.2. The number of unbranched alkanes of at least 4 members (excludes halogenated alkanes) is 1. The number of nitrogen functional groups attached to an aromatic ring is 2. The van der Waals surface area contributed by atoms with E-state index in [1.165, 1.54) is 9.47 Å². The summed E-state index contributed by atoms with van der Waals surface area (Å²) in [6.07, 6.45) is 2.00. The molecule has 0 saturated carbocycles. The van der Waals surface area contributed by atoms with Crippen molar-refractivity contribution in [3.8, 4) is 0 Å². The molecule has 1 aromatic carbocycles. The maximum Gasteiger partial charge on any atom is 0.330 e. The van der Waals surface area contributed by atoms with Crippen molar-refractivity contribution in [2.24, 2.45) is 0 Å². The molecular formula is C24H31N7O5. The molecule has 6 N–H and O–H groups in total. The zero-order chi connectivity index (χ0) is 26.4. The Morgan fingerprint density at radius 1 is 0.861 bits per heavy atom. The molecule has 0 aliphatic carbocycles. The van der Waals surface area contributed by atoms with Crippen LogP contribution >= 0.6 is 0 Å². The second-order valence-corrected chi connectivity index (χ2v) is 8.43. The van der Waals surface area contributed by atoms with Gasteiger partial charge in [0.25, 0.3) is 11.1 Å². The zero-order valence-corrected chi connectivity index (χ0v) is 20.4. The van der Waals surface area contributed by atoms with Gasteiger partial charge in [0.15, 0.2) is 5.78 Å². The molecule has 0 radical (unpaired) electrons. The van der Waals surface area contributed by atoms with Crippen LogP contribution in [-0.2, 0) is 19.6 Å². The molecule has 0 spiro atoms. The minimum Gasteiger partial charge on any atom is -0.384 e. The highest BCUT2D eigenvalue weighted by Crippen LogP contribution is 2.21. The second kappa shape index (κ2) is 11.4. The van der Waals surface area contributed by atoms with E-state index in [1.807, 2.05) is 19.9 Å². The number of benzene rings is 1. The van der Waals surface area contributed by atoms with Gasteiger partial charge in [-0.25, -0.2) is 9.59 Å². The number of H-pyrrole nitrogens is 2. The van der Waals surface area contributed by atoms with Gasteiger partial charge in [0.05, 0.1) is 6.54 Å². The smallest absolute Gasteiger partial charge is 0.330 e. The summed E-state index contributed by atoms with van der Waals surface area (Å²) in [6.45, 7) is 3.90. The quantitative estimate of drug-likeness (QED) is 0.278. The summed E-state index contributed by atoms with van der Waals surface area (Å²) in [4.78, 5) is 69.3. The number of nitrogens with zero attached hydrogens (tertiary/aromatic N) is 3. The highest BCUT2D eigenvalue weighted by molar-refractivity contribution is 6.02. The van der Waals surface area contributed by atoms with Crippen LogP contribution in [0.2, 0.25) is 0 Å². The number of aromatic amines is 2. The fourth-order valence-corrected chi connectivity index (χ4v) is 3.99. The van der Waals surface area contributed by atoms with E-state index in [0.717, 1.165) is 16.6 Å². The molecule has 0 unspecified atom stereocenters. The van der Waals surface area contributed by atoms with Crippen molar-refractivity contribution < 1.29 is 4.79 Å². The lowest BCUT2D eigenvalue weighted by atomic mass is 10.1. The highest BCUT2D eigenvalue weighted by atomic mass is 16.2. The van der Waals surface area contributed by atoms with Gasteiger partial charge < -0.3 is 16.4 Å². The molecule has 3 rings (SSSR count). The number of hydrogen-bond donors (Lipinski definition) is 4. The van der Waals surface area contributed by atoms with Crippen molar-refractivity contribution >= 4 is 23.1 Å². The van der Waals surface area contributed by atoms with Crippen LogP contribution in [0.1, 0.15) is 49.0 Å². The molecule has 0 aliphatic rings. The summed E-state index contributed by atoms with van der Waals surface area (Å²) >= 11 is 0. The van der Waals surface area contributed by atoms with Gasteiger partial charge >= 0.3 is 11.4 Å². The lowest BCUT2D eigenvalue weighted by Gasteiger charge is -2.26. The van der Waals surface area contributed by atoms with Crippen LogP contribution in [0.4, 0.5) is 17.3 Å². The molecule has 3 aromatic rings. The molecule has 0 saturated heterocycles. The lowest BCUT2D eigenvalue weighted by Crippen LogP contribution is -2.42. The summed E-state index contributed by atoms with van der Waals surface area (Å²) in [5, 5.41) is 0. The van der Waals surface area contributed by atoms with Gasteiger partial charge in [-0.3, -0.25) is 33.5 Å². The Kier molecular flexibility index (Phi) is 8.30. The number of anilines is 3. The number of carbonyl (C=O) groups is 1. The van der Waals surface area contributed by atoms with Crippen LogP contribution < -0.4 is 38.9 Å². The van der Waals surface area contributed by atoms with E-state index in [9.17, 15) is 24.0 Å². The molecule has 0 bridgehead atoms. The zero-order valence-electron chi connectivity index (χ0n) is 20.4. The first-order valence-corrected chi connectivity index (χ1v) is 11.8. The SMILES string of the molecule is CCCCn1c(N)c(N(CC(=O)c2c(N)n(CCC)c(=O)[nH]c2=O)Cc2ccccc2)c(=O)[nH]c1=O. The average Bonchev–Trinajstić information content (AvgIpc) is 2.82. The Labute approximate surface area is 206 Å². The van der Waals surface area contributed by atoms with Crippen molar-refractivity contribution in [3.63, 3.8) is 0 Å². The highest BCUT2D eigenvalue weighted by Gasteiger charge is 2.25. The normalized spacial score (nSPS) is 10.9. The van der Waals surface area contributed by atoms with Gasteiger partial charge in [-0.1, -0.05) is 50.6 Å². The van der Waals surface area contributed by atoms with E-state index in [0.29, 0.717) is 12.8 Å². The Morgan fingerprint density at radius 2 is 1.47 bits per heavy atom. The number of nitrogens with one attached hydrogen (secondary N) is 2. The van der Waals surface area contributed by atoms with Crippen molar-refractivity contribution in [2.75, 3.05) is 22.9 Å². The fraction of sp³-hybridized carbons (Fsp3) is 0.375. The first-order valence-electron chi connectivity index (χ1n) is 11.8. The second-order valence-electron chi connectivity index (χ2n) is 8.43. The van der Waals surface area contributed by atoms with Gasteiger partial charge in [-0.2, -0.15) is 0 Å². The summed E-state index contributed by atoms with van der Waals surface area (Å²) in [5.74, 6) is -1.04. The van der Waals surface area contributed by atoms with E-state index in [1.54, 1.807) is 24.3 Å². The Hall–Kier alpha value is -4.35. The molecule has 0 atom stereocenters. The fourth-order valence-electron chi connectivity index (χ4n) is 3.99. The van der Waals surface area contributed by atoms with E-state index in [-0.39, 0.29) is 42.5 Å². The number of rotatable bonds is 11. The van der Waals surface area contributed by atoms with Crippen LogP contribution in [0.15, 0.2) is 49.5 Å². The molecule has 2 aromatic heterocycles. The predicted octanol–water partition coefficient (Wildman–Crippen LogP) is 0.651. The standard InChI is InChI=1S/C24H31N7O5/c1-3-5-12-31-20(26)18(22(34)28-24(31)36)29(13-15-9-7-6-8-10-15)14-16(32)17-19(25)30(11-4-2)23(35)27-21(17)33/h6-10H,3-5,11-14,25-26H2,1-2H3,(H,27,33,35)(H,28,34,36). The predicted molar refractivity (Wildman–Crippen MR) is 138 cm³/mol. The van der Waals surface area contributed by atoms with Crippen LogP contribution in [-0.4, -0.2) is 31.4 Å². The maximum absolute atomic E-state index is 13.4. The topological polar surface area (TPSA) is 182 Å². The summed E-state index contributed by atoms with van der Waals surface area (Å²) < 4.78 is 2.38. The van der Waals surface area contributed by atoms with Crippen LogP contribution in [0, 0.1) is 0 Å². The number of nitrogens with two attached hydrogens (primary N) is 2. The monoisotopic (exact) mass is 497 g/mol. The average molecular weight is 498 g/mol. The Bertz CT molecular complexity index is 1470. The van der Waals surface area contributed by atoms with Gasteiger partial charge in [0.1, 0.15) is 22.9 Å². The lowest BCUT2D eigenvalue weighted by molar-refractivity contribution is 0.0997. The Morgan fingerprint density at radius 3 is 2.08 bits per heavy atom. The number of aromatic nitrogens is 4. The third-order valence-electron chi connectivity index (χ3n) is 5.78. The number of carbonyl (C=O) groups excluding carboxylic acids is 1. The Balaban J connectivity index is 2.13. The van der Waals surface area contributed by atoms with Gasteiger partial charge in [-0.15, -0.1) is 0 Å². The molecule has 0 amide bonds. The van der Waals surface area contributed by atoms with Crippen LogP contribution in [0.3, 0.4) is 0 Å². The van der Waals surface area contributed by atoms with E-state index < -0.39 is 34.8 Å². The third-order valence-corrected chi connectivity index (χ3v) is 5.78. The summed E-state index contributed by atoms with van der Waals surface area (Å²) in [5.41, 5.74) is 9.64. The minimum absolute atomic E-state index is 0.0696. The molecule has 0 fully saturated rings. The minimum atomic E-state index is -0.913. The molecule has 0 aliphatic heterocycles. The molecule has 192 valence electrons.